The summed E-state index contributed by atoms with van der Waals surface area (Å²) in [4.78, 5) is 25.1. The summed E-state index contributed by atoms with van der Waals surface area (Å²) >= 11 is 5.91. The molecular weight excluding hydrogens is 288 g/mol. The molecule has 1 aliphatic heterocycles. The Kier molecular flexibility index (Phi) is 4.33. The van der Waals surface area contributed by atoms with Crippen molar-refractivity contribution in [1.29, 1.82) is 0 Å². The van der Waals surface area contributed by atoms with Crippen molar-refractivity contribution in [2.45, 2.75) is 24.9 Å². The van der Waals surface area contributed by atoms with Crippen LogP contribution in [0.25, 0.3) is 0 Å². The number of nitrogens with one attached hydrogen (secondary N) is 1. The van der Waals surface area contributed by atoms with Crippen molar-refractivity contribution in [2.24, 2.45) is 5.92 Å². The van der Waals surface area contributed by atoms with Crippen molar-refractivity contribution in [2.75, 3.05) is 19.6 Å². The van der Waals surface area contributed by atoms with Gasteiger partial charge in [0, 0.05) is 25.3 Å². The van der Waals surface area contributed by atoms with Crippen LogP contribution in [0.1, 0.15) is 13.2 Å². The van der Waals surface area contributed by atoms with E-state index in [0.717, 1.165) is 0 Å². The van der Waals surface area contributed by atoms with Crippen molar-refractivity contribution in [3.63, 3.8) is 0 Å². The van der Waals surface area contributed by atoms with Gasteiger partial charge in [-0.1, -0.05) is 6.92 Å². The SMILES string of the molecule is CO[C@@H]1[C@H](n2ccc(=O)[nH]c2=O)O[C@@](CO)(CCl)[C@H]1C. The van der Waals surface area contributed by atoms with Crippen molar-refractivity contribution in [3.8, 4) is 0 Å². The fourth-order valence-corrected chi connectivity index (χ4v) is 2.89. The highest BCUT2D eigenvalue weighted by atomic mass is 35.5. The topological polar surface area (TPSA) is 93.6 Å². The Morgan fingerprint density at radius 3 is 2.80 bits per heavy atom. The zero-order valence-electron chi connectivity index (χ0n) is 11.2. The average Bonchev–Trinajstić information content (AvgIpc) is 2.71. The minimum absolute atomic E-state index is 0.0686. The molecule has 20 heavy (non-hydrogen) atoms. The van der Waals surface area contributed by atoms with Crippen molar-refractivity contribution in [3.05, 3.63) is 33.1 Å². The highest BCUT2D eigenvalue weighted by Crippen LogP contribution is 2.42. The van der Waals surface area contributed by atoms with Crippen LogP contribution >= 0.6 is 11.6 Å². The molecule has 2 N–H and O–H groups in total. The molecular formula is C12H17ClN2O5. The van der Waals surface area contributed by atoms with Gasteiger partial charge in [0.1, 0.15) is 11.7 Å². The molecule has 0 unspecified atom stereocenters. The molecule has 2 heterocycles. The highest BCUT2D eigenvalue weighted by Gasteiger charge is 2.53. The minimum Gasteiger partial charge on any atom is -0.393 e. The average molecular weight is 305 g/mol. The van der Waals surface area contributed by atoms with Crippen LogP contribution in [0, 0.1) is 5.92 Å². The summed E-state index contributed by atoms with van der Waals surface area (Å²) in [6.45, 7) is 1.55. The summed E-state index contributed by atoms with van der Waals surface area (Å²) in [6.07, 6.45) is 0.112. The van der Waals surface area contributed by atoms with Gasteiger partial charge in [-0.05, 0) is 0 Å². The van der Waals surface area contributed by atoms with Gasteiger partial charge in [-0.15, -0.1) is 11.6 Å². The molecule has 0 spiro atoms. The van der Waals surface area contributed by atoms with E-state index in [2.05, 4.69) is 4.98 Å². The maximum atomic E-state index is 11.9. The van der Waals surface area contributed by atoms with E-state index >= 15 is 0 Å². The lowest BCUT2D eigenvalue weighted by molar-refractivity contribution is -0.107. The van der Waals surface area contributed by atoms with E-state index in [1.165, 1.54) is 23.9 Å². The number of alkyl halides is 1. The van der Waals surface area contributed by atoms with Gasteiger partial charge in [-0.3, -0.25) is 14.3 Å². The van der Waals surface area contributed by atoms with Gasteiger partial charge in [0.05, 0.1) is 12.5 Å². The molecule has 1 saturated heterocycles. The maximum absolute atomic E-state index is 11.9. The first-order valence-electron chi connectivity index (χ1n) is 6.18. The molecule has 0 saturated carbocycles. The number of nitrogens with zero attached hydrogens (tertiary/aromatic N) is 1. The molecule has 0 aliphatic carbocycles. The molecule has 2 rings (SSSR count). The van der Waals surface area contributed by atoms with E-state index in [0.29, 0.717) is 0 Å². The third-order valence-corrected chi connectivity index (χ3v) is 4.30. The van der Waals surface area contributed by atoms with Gasteiger partial charge < -0.3 is 14.6 Å². The monoisotopic (exact) mass is 304 g/mol. The van der Waals surface area contributed by atoms with Crippen LogP contribution in [0.5, 0.6) is 0 Å². The number of halogens is 1. The zero-order chi connectivity index (χ0) is 14.9. The zero-order valence-corrected chi connectivity index (χ0v) is 12.0. The van der Waals surface area contributed by atoms with Gasteiger partial charge in [0.25, 0.3) is 5.56 Å². The normalized spacial score (nSPS) is 33.5. The van der Waals surface area contributed by atoms with E-state index in [1.807, 2.05) is 6.92 Å². The standard InChI is InChI=1S/C12H17ClN2O5/c1-7-9(19-2)10(20-12(7,5-13)6-16)15-4-3-8(17)14-11(15)18/h3-4,7,9-10,16H,5-6H2,1-2H3,(H,14,17,18)/t7-,9-,10+,12+/m0/s1. The maximum Gasteiger partial charge on any atom is 0.330 e. The molecule has 4 atom stereocenters. The van der Waals surface area contributed by atoms with Crippen LogP contribution in [-0.4, -0.2) is 46.0 Å². The first kappa shape index (κ1) is 15.2. The number of ether oxygens (including phenoxy) is 2. The molecule has 1 aliphatic rings. The number of aliphatic hydroxyl groups is 1. The molecule has 7 nitrogen and oxygen atoms in total. The van der Waals surface area contributed by atoms with Crippen LogP contribution in [-0.2, 0) is 9.47 Å². The van der Waals surface area contributed by atoms with Crippen molar-refractivity contribution >= 4 is 11.6 Å². The first-order valence-corrected chi connectivity index (χ1v) is 6.71. The summed E-state index contributed by atoms with van der Waals surface area (Å²) in [5, 5.41) is 9.57. The van der Waals surface area contributed by atoms with Crippen LogP contribution in [0.4, 0.5) is 0 Å². The molecule has 1 fully saturated rings. The van der Waals surface area contributed by atoms with Crippen molar-refractivity contribution in [1.82, 2.24) is 9.55 Å². The Morgan fingerprint density at radius 1 is 1.60 bits per heavy atom. The largest absolute Gasteiger partial charge is 0.393 e. The predicted molar refractivity (Wildman–Crippen MR) is 71.9 cm³/mol. The lowest BCUT2D eigenvalue weighted by Gasteiger charge is -2.28. The van der Waals surface area contributed by atoms with Crippen LogP contribution in [0.2, 0.25) is 0 Å². The van der Waals surface area contributed by atoms with Gasteiger partial charge in [-0.25, -0.2) is 4.79 Å². The Morgan fingerprint density at radius 2 is 2.30 bits per heavy atom. The fourth-order valence-electron chi connectivity index (χ4n) is 2.50. The molecule has 0 radical (unpaired) electrons. The number of hydrogen-bond donors (Lipinski definition) is 2. The predicted octanol–water partition coefficient (Wildman–Crippen LogP) is -0.314. The van der Waals surface area contributed by atoms with Crippen molar-refractivity contribution < 1.29 is 14.6 Å². The molecule has 0 amide bonds. The van der Waals surface area contributed by atoms with E-state index < -0.39 is 29.2 Å². The number of aromatic amines is 1. The van der Waals surface area contributed by atoms with E-state index in [4.69, 9.17) is 21.1 Å². The summed E-state index contributed by atoms with van der Waals surface area (Å²) in [5.41, 5.74) is -2.07. The van der Waals surface area contributed by atoms with Crippen LogP contribution in [0.15, 0.2) is 21.9 Å². The summed E-state index contributed by atoms with van der Waals surface area (Å²) in [7, 11) is 1.50. The lowest BCUT2D eigenvalue weighted by atomic mass is 9.89. The second kappa shape index (κ2) is 5.69. The highest BCUT2D eigenvalue weighted by molar-refractivity contribution is 6.18. The molecule has 1 aromatic heterocycles. The first-order chi connectivity index (χ1) is 9.49. The van der Waals surface area contributed by atoms with Crippen LogP contribution < -0.4 is 11.2 Å². The van der Waals surface area contributed by atoms with Gasteiger partial charge in [0.2, 0.25) is 0 Å². The summed E-state index contributed by atoms with van der Waals surface area (Å²) in [6, 6.07) is 1.22. The second-order valence-electron chi connectivity index (χ2n) is 4.87. The number of methoxy groups -OCH3 is 1. The fraction of sp³-hybridized carbons (Fsp3) is 0.667. The number of aromatic nitrogens is 2. The molecule has 8 heteroatoms. The number of H-pyrrole nitrogens is 1. The van der Waals surface area contributed by atoms with Crippen LogP contribution in [0.3, 0.4) is 0 Å². The second-order valence-corrected chi connectivity index (χ2v) is 5.14. The Labute approximate surface area is 120 Å². The Hall–Kier alpha value is -1.15. The number of rotatable bonds is 4. The van der Waals surface area contributed by atoms with Gasteiger partial charge in [-0.2, -0.15) is 0 Å². The van der Waals surface area contributed by atoms with E-state index in [9.17, 15) is 14.7 Å². The van der Waals surface area contributed by atoms with Gasteiger partial charge in [0.15, 0.2) is 6.23 Å². The number of hydrogen-bond acceptors (Lipinski definition) is 5. The molecule has 0 bridgehead atoms. The Bertz CT molecular complexity index is 580. The summed E-state index contributed by atoms with van der Waals surface area (Å²) in [5.74, 6) is -0.155. The third kappa shape index (κ3) is 2.31. The third-order valence-electron chi connectivity index (χ3n) is 3.85. The summed E-state index contributed by atoms with van der Waals surface area (Å²) < 4.78 is 12.4. The molecule has 1 aromatic rings. The smallest absolute Gasteiger partial charge is 0.330 e. The quantitative estimate of drug-likeness (QED) is 0.744. The molecule has 112 valence electrons. The van der Waals surface area contributed by atoms with E-state index in [1.54, 1.807) is 0 Å². The minimum atomic E-state index is -0.984. The lowest BCUT2D eigenvalue weighted by Crippen LogP contribution is -2.42. The molecule has 0 aromatic carbocycles. The number of aliphatic hydroxyl groups excluding tert-OH is 1. The van der Waals surface area contributed by atoms with E-state index in [-0.39, 0.29) is 18.4 Å². The Balaban J connectivity index is 2.46. The van der Waals surface area contributed by atoms with Gasteiger partial charge >= 0.3 is 5.69 Å².